The molecule has 0 saturated carbocycles. The minimum Gasteiger partial charge on any atom is -0.363 e. The topological polar surface area (TPSA) is 15.3 Å². The van der Waals surface area contributed by atoms with E-state index in [9.17, 15) is 0 Å². The van der Waals surface area contributed by atoms with Crippen molar-refractivity contribution in [3.05, 3.63) is 0 Å². The van der Waals surface area contributed by atoms with E-state index in [1.807, 2.05) is 0 Å². The first-order valence-corrected chi connectivity index (χ1v) is 5.55. The van der Waals surface area contributed by atoms with Gasteiger partial charge in [-0.2, -0.15) is 0 Å². The van der Waals surface area contributed by atoms with Gasteiger partial charge in [-0.15, -0.1) is 0 Å². The predicted octanol–water partition coefficient (Wildman–Crippen LogP) is 2.25. The van der Waals surface area contributed by atoms with Crippen LogP contribution in [0.4, 0.5) is 0 Å². The van der Waals surface area contributed by atoms with Gasteiger partial charge in [0.25, 0.3) is 0 Å². The summed E-state index contributed by atoms with van der Waals surface area (Å²) in [6.45, 7) is 11.7. The predicted molar refractivity (Wildman–Crippen MR) is 63.0 cm³/mol. The molecule has 0 radical (unpaired) electrons. The number of hydrogen-bond acceptors (Lipinski definition) is 1. The van der Waals surface area contributed by atoms with Gasteiger partial charge in [0.05, 0.1) is 0 Å². The molecule has 0 bridgehead atoms. The Morgan fingerprint density at radius 2 is 2.00 bits per heavy atom. The van der Waals surface area contributed by atoms with Crippen molar-refractivity contribution in [2.75, 3.05) is 19.6 Å². The zero-order chi connectivity index (χ0) is 10.3. The van der Waals surface area contributed by atoms with Gasteiger partial charge >= 0.3 is 0 Å². The summed E-state index contributed by atoms with van der Waals surface area (Å²) in [5, 5.41) is 4.15. The van der Waals surface area contributed by atoms with Crippen LogP contribution in [0, 0.1) is 5.92 Å². The van der Waals surface area contributed by atoms with E-state index in [0.717, 1.165) is 31.2 Å². The van der Waals surface area contributed by atoms with Crippen LogP contribution in [0.25, 0.3) is 0 Å². The van der Waals surface area contributed by atoms with E-state index in [0.29, 0.717) is 5.92 Å². The minimum absolute atomic E-state index is 0.668. The second-order valence-electron chi connectivity index (χ2n) is 3.66. The molecule has 0 atom stereocenters. The molecule has 0 aromatic rings. The van der Waals surface area contributed by atoms with Crippen LogP contribution in [-0.4, -0.2) is 29.6 Å². The van der Waals surface area contributed by atoms with Gasteiger partial charge in [-0.05, 0) is 31.5 Å². The van der Waals surface area contributed by atoms with E-state index in [2.05, 4.69) is 37.9 Å². The molecule has 0 fully saturated rings. The Hall–Kier alpha value is -0.310. The Morgan fingerprint density at radius 1 is 1.38 bits per heavy atom. The molecule has 0 unspecified atom stereocenters. The molecule has 3 heteroatoms. The highest BCUT2D eigenvalue weighted by atomic mass is 32.1. The van der Waals surface area contributed by atoms with Crippen molar-refractivity contribution >= 4 is 17.3 Å². The normalized spacial score (nSPS) is 10.2. The summed E-state index contributed by atoms with van der Waals surface area (Å²) in [5.74, 6) is 0.668. The maximum absolute atomic E-state index is 5.27. The molecule has 0 aliphatic rings. The van der Waals surface area contributed by atoms with E-state index in [1.54, 1.807) is 0 Å². The summed E-state index contributed by atoms with van der Waals surface area (Å²) in [5.41, 5.74) is 0. The monoisotopic (exact) mass is 202 g/mol. The number of nitrogens with one attached hydrogen (secondary N) is 1. The van der Waals surface area contributed by atoms with Crippen molar-refractivity contribution in [3.8, 4) is 0 Å². The standard InChI is InChI=1S/C10H22N2S/c1-5-7-11-10(13)12(6-2)8-9(3)4/h9H,5-8H2,1-4H3,(H,11,13). The molecule has 0 amide bonds. The second-order valence-corrected chi connectivity index (χ2v) is 4.05. The lowest BCUT2D eigenvalue weighted by Crippen LogP contribution is -2.41. The number of rotatable bonds is 5. The number of nitrogens with zero attached hydrogens (tertiary/aromatic N) is 1. The maximum Gasteiger partial charge on any atom is 0.168 e. The summed E-state index contributed by atoms with van der Waals surface area (Å²) in [6, 6.07) is 0. The van der Waals surface area contributed by atoms with Crippen molar-refractivity contribution in [2.45, 2.75) is 34.1 Å². The van der Waals surface area contributed by atoms with Gasteiger partial charge in [0.1, 0.15) is 0 Å². The molecule has 13 heavy (non-hydrogen) atoms. The third-order valence-corrected chi connectivity index (χ3v) is 2.18. The average Bonchev–Trinajstić information content (AvgIpc) is 2.09. The van der Waals surface area contributed by atoms with Crippen molar-refractivity contribution in [1.82, 2.24) is 10.2 Å². The Labute approximate surface area is 87.7 Å². The van der Waals surface area contributed by atoms with E-state index >= 15 is 0 Å². The van der Waals surface area contributed by atoms with Crippen LogP contribution < -0.4 is 5.32 Å². The van der Waals surface area contributed by atoms with Crippen LogP contribution in [0.3, 0.4) is 0 Å². The molecular formula is C10H22N2S. The summed E-state index contributed by atoms with van der Waals surface area (Å²) in [4.78, 5) is 2.22. The second kappa shape index (κ2) is 7.13. The van der Waals surface area contributed by atoms with Crippen molar-refractivity contribution in [2.24, 2.45) is 5.92 Å². The third-order valence-electron chi connectivity index (χ3n) is 1.78. The van der Waals surface area contributed by atoms with Crippen LogP contribution in [0.1, 0.15) is 34.1 Å². The van der Waals surface area contributed by atoms with Gasteiger partial charge in [0, 0.05) is 19.6 Å². The first-order chi connectivity index (χ1) is 6.11. The van der Waals surface area contributed by atoms with Gasteiger partial charge in [-0.1, -0.05) is 20.8 Å². The van der Waals surface area contributed by atoms with Crippen LogP contribution in [0.5, 0.6) is 0 Å². The maximum atomic E-state index is 5.27. The van der Waals surface area contributed by atoms with E-state index in [4.69, 9.17) is 12.2 Å². The minimum atomic E-state index is 0.668. The lowest BCUT2D eigenvalue weighted by molar-refractivity contribution is 0.376. The highest BCUT2D eigenvalue weighted by Crippen LogP contribution is 1.98. The Kier molecular flexibility index (Phi) is 6.96. The van der Waals surface area contributed by atoms with Crippen molar-refractivity contribution in [3.63, 3.8) is 0 Å². The fourth-order valence-corrected chi connectivity index (χ4v) is 1.45. The lowest BCUT2D eigenvalue weighted by Gasteiger charge is -2.25. The molecule has 0 heterocycles. The zero-order valence-electron chi connectivity index (χ0n) is 9.26. The Balaban J connectivity index is 3.85. The fourth-order valence-electron chi connectivity index (χ4n) is 1.14. The molecule has 0 saturated heterocycles. The van der Waals surface area contributed by atoms with Crippen LogP contribution in [0.15, 0.2) is 0 Å². The number of hydrogen-bond donors (Lipinski definition) is 1. The molecule has 2 nitrogen and oxygen atoms in total. The summed E-state index contributed by atoms with van der Waals surface area (Å²) in [6.07, 6.45) is 1.12. The van der Waals surface area contributed by atoms with Crippen molar-refractivity contribution in [1.29, 1.82) is 0 Å². The SMILES string of the molecule is CCCNC(=S)N(CC)CC(C)C. The van der Waals surface area contributed by atoms with Gasteiger partial charge in [0.2, 0.25) is 0 Å². The molecule has 1 N–H and O–H groups in total. The summed E-state index contributed by atoms with van der Waals surface area (Å²) in [7, 11) is 0. The molecule has 0 aromatic heterocycles. The van der Waals surface area contributed by atoms with Gasteiger partial charge in [0.15, 0.2) is 5.11 Å². The van der Waals surface area contributed by atoms with Crippen LogP contribution in [-0.2, 0) is 0 Å². The van der Waals surface area contributed by atoms with E-state index in [-0.39, 0.29) is 0 Å². The fraction of sp³-hybridized carbons (Fsp3) is 0.900. The Morgan fingerprint density at radius 3 is 2.38 bits per heavy atom. The smallest absolute Gasteiger partial charge is 0.168 e. The van der Waals surface area contributed by atoms with E-state index in [1.165, 1.54) is 0 Å². The molecule has 78 valence electrons. The largest absolute Gasteiger partial charge is 0.363 e. The van der Waals surface area contributed by atoms with Gasteiger partial charge in [-0.3, -0.25) is 0 Å². The molecule has 0 aliphatic carbocycles. The highest BCUT2D eigenvalue weighted by molar-refractivity contribution is 7.80. The molecule has 0 aromatic carbocycles. The van der Waals surface area contributed by atoms with Gasteiger partial charge in [-0.25, -0.2) is 0 Å². The first-order valence-electron chi connectivity index (χ1n) is 5.14. The van der Waals surface area contributed by atoms with Gasteiger partial charge < -0.3 is 10.2 Å². The van der Waals surface area contributed by atoms with E-state index < -0.39 is 0 Å². The Bertz CT molecular complexity index is 146. The molecular weight excluding hydrogens is 180 g/mol. The molecule has 0 aliphatic heterocycles. The van der Waals surface area contributed by atoms with Crippen LogP contribution >= 0.6 is 12.2 Å². The molecule has 0 spiro atoms. The summed E-state index contributed by atoms with van der Waals surface area (Å²) >= 11 is 5.27. The zero-order valence-corrected chi connectivity index (χ0v) is 10.1. The lowest BCUT2D eigenvalue weighted by atomic mass is 10.2. The first kappa shape index (κ1) is 12.7. The number of thiocarbonyl (C=S) groups is 1. The van der Waals surface area contributed by atoms with Crippen molar-refractivity contribution < 1.29 is 0 Å². The van der Waals surface area contributed by atoms with Crippen LogP contribution in [0.2, 0.25) is 0 Å². The average molecular weight is 202 g/mol. The quantitative estimate of drug-likeness (QED) is 0.688. The third kappa shape index (κ3) is 5.86. The molecule has 0 rings (SSSR count). The highest BCUT2D eigenvalue weighted by Gasteiger charge is 2.07. The summed E-state index contributed by atoms with van der Waals surface area (Å²) < 4.78 is 0.